The Bertz CT molecular complexity index is 905. The molecule has 2 aromatic carbocycles. The van der Waals surface area contributed by atoms with Gasteiger partial charge in [-0.1, -0.05) is 29.8 Å². The monoisotopic (exact) mass is 354 g/mol. The van der Waals surface area contributed by atoms with E-state index >= 15 is 0 Å². The van der Waals surface area contributed by atoms with Gasteiger partial charge in [-0.05, 0) is 36.4 Å². The van der Waals surface area contributed by atoms with Gasteiger partial charge in [0.25, 0.3) is 5.91 Å². The Morgan fingerprint density at radius 2 is 1.72 bits per heavy atom. The predicted molar refractivity (Wildman–Crippen MR) is 94.3 cm³/mol. The van der Waals surface area contributed by atoms with Gasteiger partial charge in [0.2, 0.25) is 5.78 Å². The number of aliphatic imine (C=N–C) groups is 1. The molecule has 7 nitrogen and oxygen atoms in total. The fourth-order valence-corrected chi connectivity index (χ4v) is 2.21. The van der Waals surface area contributed by atoms with E-state index in [0.29, 0.717) is 10.7 Å². The van der Waals surface area contributed by atoms with Crippen molar-refractivity contribution in [2.24, 2.45) is 10.1 Å². The fraction of sp³-hybridized carbons (Fsp3) is 0. The average molecular weight is 355 g/mol. The lowest BCUT2D eigenvalue weighted by molar-refractivity contribution is -0.113. The van der Waals surface area contributed by atoms with Gasteiger partial charge in [0.05, 0.1) is 5.69 Å². The lowest BCUT2D eigenvalue weighted by Crippen LogP contribution is -2.34. The molecule has 0 bridgehead atoms. The summed E-state index contributed by atoms with van der Waals surface area (Å²) in [4.78, 5) is 39.5. The number of imide groups is 1. The molecule has 0 atom stereocenters. The molecule has 0 saturated carbocycles. The molecule has 0 fully saturated rings. The summed E-state index contributed by atoms with van der Waals surface area (Å²) in [5.74, 6) is -1.34. The van der Waals surface area contributed by atoms with Crippen LogP contribution in [0.2, 0.25) is 5.02 Å². The van der Waals surface area contributed by atoms with Crippen LogP contribution in [-0.2, 0) is 4.79 Å². The Hall–Kier alpha value is -3.32. The minimum absolute atomic E-state index is 0.257. The lowest BCUT2D eigenvalue weighted by Gasteiger charge is -2.06. The zero-order chi connectivity index (χ0) is 17.8. The molecule has 0 spiro atoms. The minimum Gasteiger partial charge on any atom is -0.287 e. The van der Waals surface area contributed by atoms with Crippen LogP contribution in [0.5, 0.6) is 0 Å². The molecule has 1 aliphatic rings. The predicted octanol–water partition coefficient (Wildman–Crippen LogP) is 2.68. The topological polar surface area (TPSA) is 100.0 Å². The van der Waals surface area contributed by atoms with Gasteiger partial charge in [0.15, 0.2) is 11.4 Å². The van der Waals surface area contributed by atoms with E-state index in [4.69, 9.17) is 11.6 Å². The Labute approximate surface area is 147 Å². The third-order valence-electron chi connectivity index (χ3n) is 3.27. The van der Waals surface area contributed by atoms with Crippen molar-refractivity contribution in [1.82, 2.24) is 5.32 Å². The first-order valence-electron chi connectivity index (χ1n) is 7.18. The molecule has 124 valence electrons. The van der Waals surface area contributed by atoms with Crippen molar-refractivity contribution in [2.45, 2.75) is 0 Å². The highest BCUT2D eigenvalue weighted by molar-refractivity contribution is 6.84. The van der Waals surface area contributed by atoms with Gasteiger partial charge in [-0.3, -0.25) is 20.3 Å². The summed E-state index contributed by atoms with van der Waals surface area (Å²) in [7, 11) is 0. The molecular formula is C17H11ClN4O3. The molecule has 25 heavy (non-hydrogen) atoms. The molecule has 2 N–H and O–H groups in total. The molecule has 0 aromatic heterocycles. The number of benzene rings is 2. The third-order valence-corrected chi connectivity index (χ3v) is 3.52. The van der Waals surface area contributed by atoms with Crippen molar-refractivity contribution in [3.8, 4) is 0 Å². The maximum atomic E-state index is 12.7. The molecule has 3 rings (SSSR count). The van der Waals surface area contributed by atoms with E-state index in [-0.39, 0.29) is 17.0 Å². The molecule has 3 amide bonds. The summed E-state index contributed by atoms with van der Waals surface area (Å²) >= 11 is 5.82. The largest absolute Gasteiger partial charge is 0.348 e. The number of halogens is 1. The summed E-state index contributed by atoms with van der Waals surface area (Å²) < 4.78 is 0. The molecule has 0 aliphatic carbocycles. The number of para-hydroxylation sites is 1. The van der Waals surface area contributed by atoms with Crippen molar-refractivity contribution in [3.05, 3.63) is 65.2 Å². The van der Waals surface area contributed by atoms with Gasteiger partial charge in [-0.15, -0.1) is 0 Å². The Morgan fingerprint density at radius 3 is 2.32 bits per heavy atom. The van der Waals surface area contributed by atoms with Gasteiger partial charge in [0, 0.05) is 10.6 Å². The van der Waals surface area contributed by atoms with Gasteiger partial charge in [-0.2, -0.15) is 10.1 Å². The second-order valence-corrected chi connectivity index (χ2v) is 5.43. The van der Waals surface area contributed by atoms with E-state index in [2.05, 4.69) is 15.5 Å². The number of anilines is 1. The van der Waals surface area contributed by atoms with E-state index in [1.165, 1.54) is 12.1 Å². The number of carbonyl (C=O) groups excluding carboxylic acids is 3. The summed E-state index contributed by atoms with van der Waals surface area (Å²) in [5.41, 5.74) is 2.94. The molecule has 1 aliphatic heterocycles. The van der Waals surface area contributed by atoms with Crippen LogP contribution >= 0.6 is 11.6 Å². The van der Waals surface area contributed by atoms with Crippen LogP contribution in [0.4, 0.5) is 10.5 Å². The van der Waals surface area contributed by atoms with Crippen LogP contribution < -0.4 is 10.7 Å². The van der Waals surface area contributed by atoms with E-state index in [1.54, 1.807) is 36.4 Å². The Balaban J connectivity index is 1.98. The molecule has 2 aromatic rings. The highest BCUT2D eigenvalue weighted by Gasteiger charge is 2.32. The standard InChI is InChI=1S/C17H11ClN4O3/c18-11-8-6-10(7-9-11)15(23)13(14-16(24)20-17(25)19-14)22-21-12-4-2-1-3-5-12/h1-9,21H,(H,20,24,25)/b22-13-. The number of nitrogens with one attached hydrogen (secondary N) is 2. The van der Waals surface area contributed by atoms with Crippen LogP contribution in [-0.4, -0.2) is 29.1 Å². The first kappa shape index (κ1) is 16.5. The minimum atomic E-state index is -0.837. The summed E-state index contributed by atoms with van der Waals surface area (Å²) in [6, 6.07) is 14.1. The average Bonchev–Trinajstić information content (AvgIpc) is 2.95. The first-order valence-corrected chi connectivity index (χ1v) is 7.56. The normalized spacial score (nSPS) is 14.1. The van der Waals surface area contributed by atoms with Crippen LogP contribution in [0.3, 0.4) is 0 Å². The number of amides is 3. The second kappa shape index (κ2) is 7.06. The van der Waals surface area contributed by atoms with Crippen molar-refractivity contribution in [2.75, 3.05) is 5.43 Å². The van der Waals surface area contributed by atoms with Crippen LogP contribution in [0.1, 0.15) is 10.4 Å². The maximum Gasteiger partial charge on any atom is 0.348 e. The number of carbonyl (C=O) groups is 3. The number of hydrogen-bond donors (Lipinski definition) is 2. The van der Waals surface area contributed by atoms with Gasteiger partial charge in [-0.25, -0.2) is 4.79 Å². The smallest absolute Gasteiger partial charge is 0.287 e. The van der Waals surface area contributed by atoms with Gasteiger partial charge in [0.1, 0.15) is 0 Å². The second-order valence-electron chi connectivity index (χ2n) is 4.99. The molecule has 0 radical (unpaired) electrons. The van der Waals surface area contributed by atoms with Crippen LogP contribution in [0.25, 0.3) is 0 Å². The SMILES string of the molecule is O=C1N=C(/C(=N/Nc2ccccc2)C(=O)c2ccc(Cl)cc2)C(=O)N1. The quantitative estimate of drug-likeness (QED) is 0.489. The van der Waals surface area contributed by atoms with E-state index in [9.17, 15) is 14.4 Å². The van der Waals surface area contributed by atoms with Crippen molar-refractivity contribution in [1.29, 1.82) is 0 Å². The van der Waals surface area contributed by atoms with Gasteiger partial charge < -0.3 is 0 Å². The molecule has 8 heteroatoms. The number of Topliss-reactive ketones (excluding diaryl/α,β-unsaturated/α-hetero) is 1. The fourth-order valence-electron chi connectivity index (χ4n) is 2.08. The Kier molecular flexibility index (Phi) is 4.67. The number of hydrogen-bond acceptors (Lipinski definition) is 5. The number of hydrazone groups is 1. The maximum absolute atomic E-state index is 12.7. The van der Waals surface area contributed by atoms with E-state index in [0.717, 1.165) is 0 Å². The van der Waals surface area contributed by atoms with Gasteiger partial charge >= 0.3 is 6.03 Å². The summed E-state index contributed by atoms with van der Waals surface area (Å²) in [5, 5.41) is 6.46. The molecule has 1 heterocycles. The van der Waals surface area contributed by atoms with Crippen LogP contribution in [0, 0.1) is 0 Å². The third kappa shape index (κ3) is 3.78. The molecule has 0 unspecified atom stereocenters. The Morgan fingerprint density at radius 1 is 1.04 bits per heavy atom. The number of rotatable bonds is 5. The lowest BCUT2D eigenvalue weighted by atomic mass is 10.0. The zero-order valence-electron chi connectivity index (χ0n) is 12.7. The zero-order valence-corrected chi connectivity index (χ0v) is 13.4. The first-order chi connectivity index (χ1) is 12.0. The van der Waals surface area contributed by atoms with Crippen molar-refractivity contribution < 1.29 is 14.4 Å². The van der Waals surface area contributed by atoms with Crippen molar-refractivity contribution in [3.63, 3.8) is 0 Å². The van der Waals surface area contributed by atoms with Crippen LogP contribution in [0.15, 0.2) is 64.7 Å². The number of nitrogens with zero attached hydrogens (tertiary/aromatic N) is 2. The molecule has 0 saturated heterocycles. The highest BCUT2D eigenvalue weighted by Crippen LogP contribution is 2.13. The number of urea groups is 1. The highest BCUT2D eigenvalue weighted by atomic mass is 35.5. The van der Waals surface area contributed by atoms with Crippen molar-refractivity contribution >= 4 is 46.4 Å². The summed E-state index contributed by atoms with van der Waals surface area (Å²) in [6.45, 7) is 0. The molecular weight excluding hydrogens is 344 g/mol. The summed E-state index contributed by atoms with van der Waals surface area (Å²) in [6.07, 6.45) is 0. The van der Waals surface area contributed by atoms with E-state index in [1.807, 2.05) is 11.4 Å². The van der Waals surface area contributed by atoms with E-state index < -0.39 is 17.7 Å². The number of ketones is 1.